The molecule has 1 heterocycles. The number of carboxylic acids is 1. The number of hydrogen-bond donors (Lipinski definition) is 3. The maximum absolute atomic E-state index is 11.8. The van der Waals surface area contributed by atoms with Crippen LogP contribution in [-0.2, 0) is 4.79 Å². The van der Waals surface area contributed by atoms with E-state index in [9.17, 15) is 9.59 Å². The summed E-state index contributed by atoms with van der Waals surface area (Å²) in [6, 6.07) is -0.209. The summed E-state index contributed by atoms with van der Waals surface area (Å²) < 4.78 is 0. The molecule has 1 saturated heterocycles. The quantitative estimate of drug-likeness (QED) is 0.686. The van der Waals surface area contributed by atoms with Crippen molar-refractivity contribution in [3.8, 4) is 0 Å². The van der Waals surface area contributed by atoms with Crippen molar-refractivity contribution >= 4 is 12.0 Å². The van der Waals surface area contributed by atoms with Gasteiger partial charge < -0.3 is 20.6 Å². The summed E-state index contributed by atoms with van der Waals surface area (Å²) in [5, 5.41) is 14.4. The summed E-state index contributed by atoms with van der Waals surface area (Å²) in [4.78, 5) is 24.7. The van der Waals surface area contributed by atoms with E-state index in [0.717, 1.165) is 25.9 Å². The third-order valence-corrected chi connectivity index (χ3v) is 3.81. The first-order chi connectivity index (χ1) is 9.28. The third-order valence-electron chi connectivity index (χ3n) is 3.81. The lowest BCUT2D eigenvalue weighted by Gasteiger charge is -2.30. The number of nitrogens with one attached hydrogen (secondary N) is 2. The minimum absolute atomic E-state index is 0.0578. The fourth-order valence-electron chi connectivity index (χ4n) is 2.34. The zero-order valence-corrected chi connectivity index (χ0v) is 12.7. The Morgan fingerprint density at radius 2 is 1.90 bits per heavy atom. The zero-order chi connectivity index (χ0) is 15.2. The van der Waals surface area contributed by atoms with Crippen LogP contribution in [0, 0.1) is 5.92 Å². The molecular weight excluding hydrogens is 258 g/mol. The number of carbonyl (C=O) groups excluding carboxylic acids is 1. The first-order valence-corrected chi connectivity index (χ1v) is 7.25. The molecule has 0 unspecified atom stereocenters. The normalized spacial score (nSPS) is 17.8. The van der Waals surface area contributed by atoms with E-state index in [0.29, 0.717) is 18.9 Å². The number of carboxylic acid groups (broad SMARTS) is 1. The lowest BCUT2D eigenvalue weighted by atomic mass is 9.97. The molecular formula is C14H27N3O3. The average Bonchev–Trinajstić information content (AvgIpc) is 2.35. The smallest absolute Gasteiger partial charge is 0.315 e. The fraction of sp³-hybridized carbons (Fsp3) is 0.857. The highest BCUT2D eigenvalue weighted by atomic mass is 16.4. The molecule has 0 aliphatic carbocycles. The van der Waals surface area contributed by atoms with E-state index in [2.05, 4.69) is 22.6 Å². The summed E-state index contributed by atoms with van der Waals surface area (Å²) in [5.41, 5.74) is -0.505. The molecule has 0 saturated carbocycles. The molecule has 3 N–H and O–H groups in total. The molecule has 6 nitrogen and oxygen atoms in total. The van der Waals surface area contributed by atoms with E-state index >= 15 is 0 Å². The number of piperidine rings is 1. The molecule has 20 heavy (non-hydrogen) atoms. The van der Waals surface area contributed by atoms with Crippen molar-refractivity contribution in [2.45, 2.75) is 45.1 Å². The lowest BCUT2D eigenvalue weighted by Crippen LogP contribution is -2.50. The van der Waals surface area contributed by atoms with Crippen molar-refractivity contribution in [2.24, 2.45) is 5.92 Å². The van der Waals surface area contributed by atoms with Crippen LogP contribution in [0.15, 0.2) is 0 Å². The Balaban J connectivity index is 2.23. The van der Waals surface area contributed by atoms with Gasteiger partial charge in [-0.3, -0.25) is 4.79 Å². The van der Waals surface area contributed by atoms with Gasteiger partial charge in [-0.25, -0.2) is 4.79 Å². The third kappa shape index (κ3) is 6.75. The zero-order valence-electron chi connectivity index (χ0n) is 12.7. The number of rotatable bonds is 6. The Hall–Kier alpha value is -1.30. The number of amides is 2. The maximum atomic E-state index is 11.8. The van der Waals surface area contributed by atoms with Gasteiger partial charge in [0, 0.05) is 18.5 Å². The van der Waals surface area contributed by atoms with Crippen LogP contribution in [0.5, 0.6) is 0 Å². The molecule has 0 radical (unpaired) electrons. The second-order valence-electron chi connectivity index (χ2n) is 6.36. The van der Waals surface area contributed by atoms with E-state index in [1.54, 1.807) is 0 Å². The van der Waals surface area contributed by atoms with Crippen LogP contribution in [0.4, 0.5) is 4.79 Å². The van der Waals surface area contributed by atoms with Crippen LogP contribution in [-0.4, -0.2) is 54.2 Å². The standard InChI is InChI=1S/C14H27N3O3/c1-14(2,7-4-12(18)19)16-13(20)15-10-11-5-8-17(3)9-6-11/h11H,4-10H2,1-3H3,(H,18,19)(H2,15,16,20). The van der Waals surface area contributed by atoms with Gasteiger partial charge in [-0.2, -0.15) is 0 Å². The van der Waals surface area contributed by atoms with E-state index in [1.807, 2.05) is 13.8 Å². The molecule has 6 heteroatoms. The number of nitrogens with zero attached hydrogens (tertiary/aromatic N) is 1. The Morgan fingerprint density at radius 1 is 1.30 bits per heavy atom. The number of aliphatic carboxylic acids is 1. The average molecular weight is 285 g/mol. The summed E-state index contributed by atoms with van der Waals surface area (Å²) in [6.07, 6.45) is 2.70. The van der Waals surface area contributed by atoms with Crippen LogP contribution < -0.4 is 10.6 Å². The van der Waals surface area contributed by atoms with Gasteiger partial charge >= 0.3 is 12.0 Å². The lowest BCUT2D eigenvalue weighted by molar-refractivity contribution is -0.137. The van der Waals surface area contributed by atoms with Crippen molar-refractivity contribution in [1.29, 1.82) is 0 Å². The fourth-order valence-corrected chi connectivity index (χ4v) is 2.34. The predicted octanol–water partition coefficient (Wildman–Crippen LogP) is 1.27. The molecule has 1 aliphatic rings. The van der Waals surface area contributed by atoms with E-state index < -0.39 is 11.5 Å². The van der Waals surface area contributed by atoms with Gasteiger partial charge in [0.25, 0.3) is 0 Å². The molecule has 0 bridgehead atoms. The van der Waals surface area contributed by atoms with Gasteiger partial charge in [0.05, 0.1) is 0 Å². The second kappa shape index (κ2) is 7.47. The predicted molar refractivity (Wildman–Crippen MR) is 77.7 cm³/mol. The highest BCUT2D eigenvalue weighted by Gasteiger charge is 2.22. The Kier molecular flexibility index (Phi) is 6.26. The van der Waals surface area contributed by atoms with Crippen molar-refractivity contribution < 1.29 is 14.7 Å². The van der Waals surface area contributed by atoms with Crippen LogP contribution >= 0.6 is 0 Å². The Labute approximate surface area is 120 Å². The van der Waals surface area contributed by atoms with Gasteiger partial charge in [0.15, 0.2) is 0 Å². The van der Waals surface area contributed by atoms with Gasteiger partial charge in [-0.05, 0) is 59.2 Å². The Bertz CT molecular complexity index is 337. The Morgan fingerprint density at radius 3 is 2.45 bits per heavy atom. The number of carbonyl (C=O) groups is 2. The molecule has 1 rings (SSSR count). The van der Waals surface area contributed by atoms with Gasteiger partial charge in [-0.15, -0.1) is 0 Å². The minimum atomic E-state index is -0.841. The molecule has 1 fully saturated rings. The van der Waals surface area contributed by atoms with Crippen LogP contribution in [0.2, 0.25) is 0 Å². The summed E-state index contributed by atoms with van der Waals surface area (Å²) in [6.45, 7) is 6.53. The molecule has 0 spiro atoms. The van der Waals surface area contributed by atoms with Crippen molar-refractivity contribution in [3.05, 3.63) is 0 Å². The van der Waals surface area contributed by atoms with E-state index in [1.165, 1.54) is 0 Å². The highest BCUT2D eigenvalue weighted by molar-refractivity contribution is 5.74. The van der Waals surface area contributed by atoms with Crippen LogP contribution in [0.3, 0.4) is 0 Å². The van der Waals surface area contributed by atoms with Gasteiger partial charge in [0.1, 0.15) is 0 Å². The van der Waals surface area contributed by atoms with E-state index in [-0.39, 0.29) is 12.5 Å². The van der Waals surface area contributed by atoms with Crippen molar-refractivity contribution in [1.82, 2.24) is 15.5 Å². The largest absolute Gasteiger partial charge is 0.481 e. The number of likely N-dealkylation sites (tertiary alicyclic amines) is 1. The summed E-state index contributed by atoms with van der Waals surface area (Å²) in [5.74, 6) is -0.300. The topological polar surface area (TPSA) is 81.7 Å². The maximum Gasteiger partial charge on any atom is 0.315 e. The first kappa shape index (κ1) is 16.8. The summed E-state index contributed by atoms with van der Waals surface area (Å²) >= 11 is 0. The van der Waals surface area contributed by atoms with Crippen molar-refractivity contribution in [3.63, 3.8) is 0 Å². The molecule has 0 aromatic heterocycles. The van der Waals surface area contributed by atoms with Crippen LogP contribution in [0.1, 0.15) is 39.5 Å². The molecule has 0 atom stereocenters. The van der Waals surface area contributed by atoms with Crippen LogP contribution in [0.25, 0.3) is 0 Å². The number of urea groups is 1. The molecule has 116 valence electrons. The molecule has 0 aromatic rings. The SMILES string of the molecule is CN1CCC(CNC(=O)NC(C)(C)CCC(=O)O)CC1. The first-order valence-electron chi connectivity index (χ1n) is 7.25. The molecule has 1 aliphatic heterocycles. The number of hydrogen-bond acceptors (Lipinski definition) is 3. The van der Waals surface area contributed by atoms with Crippen molar-refractivity contribution in [2.75, 3.05) is 26.7 Å². The van der Waals surface area contributed by atoms with Gasteiger partial charge in [0.2, 0.25) is 0 Å². The second-order valence-corrected chi connectivity index (χ2v) is 6.36. The highest BCUT2D eigenvalue weighted by Crippen LogP contribution is 2.15. The minimum Gasteiger partial charge on any atom is -0.481 e. The molecule has 2 amide bonds. The monoisotopic (exact) mass is 285 g/mol. The molecule has 0 aromatic carbocycles. The van der Waals surface area contributed by atoms with E-state index in [4.69, 9.17) is 5.11 Å². The van der Waals surface area contributed by atoms with Gasteiger partial charge in [-0.1, -0.05) is 0 Å². The summed E-state index contributed by atoms with van der Waals surface area (Å²) in [7, 11) is 2.11.